The van der Waals surface area contributed by atoms with E-state index in [0.717, 1.165) is 15.6 Å². The molecular formula is C12H9ClN2S2. The topological polar surface area (TPSA) is 25.8 Å². The Bertz CT molecular complexity index is 657. The first kappa shape index (κ1) is 11.1. The van der Waals surface area contributed by atoms with Crippen molar-refractivity contribution in [3.05, 3.63) is 34.7 Å². The molecular weight excluding hydrogens is 272 g/mol. The van der Waals surface area contributed by atoms with Crippen LogP contribution in [0.2, 0.25) is 0 Å². The zero-order valence-electron chi connectivity index (χ0n) is 9.05. The minimum absolute atomic E-state index is 0.0776. The first-order valence-corrected chi connectivity index (χ1v) is 7.33. The third-order valence-electron chi connectivity index (χ3n) is 2.49. The molecule has 0 N–H and O–H groups in total. The van der Waals surface area contributed by atoms with E-state index in [0.29, 0.717) is 0 Å². The molecule has 2 nitrogen and oxygen atoms in total. The average molecular weight is 281 g/mol. The average Bonchev–Trinajstić information content (AvgIpc) is 2.95. The predicted molar refractivity (Wildman–Crippen MR) is 75.0 cm³/mol. The normalized spacial score (nSPS) is 13.1. The molecule has 0 aliphatic carbocycles. The smallest absolute Gasteiger partial charge is 0.143 e. The van der Waals surface area contributed by atoms with E-state index in [1.165, 1.54) is 10.1 Å². The fourth-order valence-electron chi connectivity index (χ4n) is 1.65. The summed E-state index contributed by atoms with van der Waals surface area (Å²) in [5, 5.41) is 13.5. The van der Waals surface area contributed by atoms with Gasteiger partial charge in [0.2, 0.25) is 0 Å². The van der Waals surface area contributed by atoms with Crippen molar-refractivity contribution in [3.63, 3.8) is 0 Å². The maximum Gasteiger partial charge on any atom is 0.149 e. The Balaban J connectivity index is 2.14. The molecule has 1 atom stereocenters. The highest BCUT2D eigenvalue weighted by atomic mass is 35.5. The number of halogens is 1. The fraction of sp³-hybridized carbons (Fsp3) is 0.167. The van der Waals surface area contributed by atoms with E-state index >= 15 is 0 Å². The summed E-state index contributed by atoms with van der Waals surface area (Å²) >= 11 is 9.31. The molecule has 0 saturated heterocycles. The highest BCUT2D eigenvalue weighted by Gasteiger charge is 2.13. The second-order valence-corrected chi connectivity index (χ2v) is 6.28. The van der Waals surface area contributed by atoms with Gasteiger partial charge in [-0.3, -0.25) is 0 Å². The number of hydrogen-bond acceptors (Lipinski definition) is 4. The summed E-state index contributed by atoms with van der Waals surface area (Å²) in [7, 11) is 0. The van der Waals surface area contributed by atoms with Gasteiger partial charge in [-0.05, 0) is 13.0 Å². The van der Waals surface area contributed by atoms with Crippen LogP contribution in [0.5, 0.6) is 0 Å². The van der Waals surface area contributed by atoms with Gasteiger partial charge in [0.25, 0.3) is 0 Å². The molecule has 2 heterocycles. The lowest BCUT2D eigenvalue weighted by atomic mass is 10.2. The van der Waals surface area contributed by atoms with Crippen molar-refractivity contribution in [3.8, 4) is 10.6 Å². The quantitative estimate of drug-likeness (QED) is 0.635. The second kappa shape index (κ2) is 4.37. The van der Waals surface area contributed by atoms with Crippen LogP contribution in [0.1, 0.15) is 17.3 Å². The number of hydrogen-bond donors (Lipinski definition) is 0. The van der Waals surface area contributed by atoms with E-state index in [4.69, 9.17) is 11.6 Å². The van der Waals surface area contributed by atoms with Crippen molar-refractivity contribution < 1.29 is 0 Å². The lowest BCUT2D eigenvalue weighted by Crippen LogP contribution is -1.80. The number of alkyl halides is 1. The molecule has 2 aromatic heterocycles. The van der Waals surface area contributed by atoms with Gasteiger partial charge in [-0.1, -0.05) is 29.5 Å². The number of benzene rings is 1. The van der Waals surface area contributed by atoms with Crippen LogP contribution in [0.3, 0.4) is 0 Å². The Kier molecular flexibility index (Phi) is 2.86. The van der Waals surface area contributed by atoms with E-state index in [1.54, 1.807) is 22.7 Å². The summed E-state index contributed by atoms with van der Waals surface area (Å²) in [5.41, 5.74) is 1.16. The van der Waals surface area contributed by atoms with Crippen molar-refractivity contribution in [2.75, 3.05) is 0 Å². The molecule has 0 fully saturated rings. The highest BCUT2D eigenvalue weighted by molar-refractivity contribution is 7.19. The molecule has 1 unspecified atom stereocenters. The number of rotatable bonds is 2. The first-order valence-electron chi connectivity index (χ1n) is 5.20. The Morgan fingerprint density at radius 2 is 2.06 bits per heavy atom. The largest absolute Gasteiger partial charge is 0.149 e. The number of fused-ring (bicyclic) bond motifs is 1. The van der Waals surface area contributed by atoms with E-state index in [1.807, 2.05) is 13.0 Å². The van der Waals surface area contributed by atoms with Crippen LogP contribution in [0.25, 0.3) is 20.7 Å². The van der Waals surface area contributed by atoms with Gasteiger partial charge in [-0.25, -0.2) is 0 Å². The van der Waals surface area contributed by atoms with Crippen molar-refractivity contribution in [2.45, 2.75) is 12.3 Å². The van der Waals surface area contributed by atoms with E-state index < -0.39 is 0 Å². The zero-order chi connectivity index (χ0) is 11.8. The molecule has 0 aliphatic rings. The summed E-state index contributed by atoms with van der Waals surface area (Å²) in [5.74, 6) is 0. The van der Waals surface area contributed by atoms with Crippen LogP contribution in [-0.2, 0) is 0 Å². The molecule has 0 saturated carbocycles. The molecule has 1 aromatic carbocycles. The summed E-state index contributed by atoms with van der Waals surface area (Å²) in [6, 6.07) is 8.33. The minimum atomic E-state index is -0.0776. The van der Waals surface area contributed by atoms with Gasteiger partial charge >= 0.3 is 0 Å². The molecule has 0 aliphatic heterocycles. The van der Waals surface area contributed by atoms with Crippen LogP contribution >= 0.6 is 34.3 Å². The number of nitrogens with zero attached hydrogens (tertiary/aromatic N) is 2. The van der Waals surface area contributed by atoms with Gasteiger partial charge in [0.15, 0.2) is 0 Å². The maximum atomic E-state index is 6.01. The van der Waals surface area contributed by atoms with Crippen molar-refractivity contribution >= 4 is 44.4 Å². The van der Waals surface area contributed by atoms with E-state index in [9.17, 15) is 0 Å². The summed E-state index contributed by atoms with van der Waals surface area (Å²) in [6.07, 6.45) is 0. The Hall–Kier alpha value is -0.970. The minimum Gasteiger partial charge on any atom is -0.143 e. The number of thiophene rings is 1. The van der Waals surface area contributed by atoms with Gasteiger partial charge in [-0.2, -0.15) is 0 Å². The van der Waals surface area contributed by atoms with E-state index in [2.05, 4.69) is 33.8 Å². The fourth-order valence-corrected chi connectivity index (χ4v) is 3.65. The van der Waals surface area contributed by atoms with Gasteiger partial charge in [0, 0.05) is 21.0 Å². The van der Waals surface area contributed by atoms with Crippen molar-refractivity contribution in [1.29, 1.82) is 0 Å². The lowest BCUT2D eigenvalue weighted by molar-refractivity contribution is 0.963. The number of aromatic nitrogens is 2. The predicted octanol–water partition coefficient (Wildman–Crippen LogP) is 4.72. The highest BCUT2D eigenvalue weighted by Crippen LogP contribution is 2.36. The summed E-state index contributed by atoms with van der Waals surface area (Å²) in [6.45, 7) is 1.91. The van der Waals surface area contributed by atoms with Crippen LogP contribution in [0, 0.1) is 0 Å². The molecule has 0 amide bonds. The van der Waals surface area contributed by atoms with Gasteiger partial charge < -0.3 is 0 Å². The molecule has 0 spiro atoms. The molecule has 5 heteroatoms. The van der Waals surface area contributed by atoms with Crippen LogP contribution < -0.4 is 0 Å². The summed E-state index contributed by atoms with van der Waals surface area (Å²) < 4.78 is 1.28. The molecule has 3 rings (SSSR count). The first-order chi connectivity index (χ1) is 8.25. The summed E-state index contributed by atoms with van der Waals surface area (Å²) in [4.78, 5) is 0. The lowest BCUT2D eigenvalue weighted by Gasteiger charge is -1.93. The third kappa shape index (κ3) is 1.97. The van der Waals surface area contributed by atoms with Crippen LogP contribution in [0.4, 0.5) is 0 Å². The van der Waals surface area contributed by atoms with Gasteiger partial charge in [0.1, 0.15) is 10.0 Å². The Morgan fingerprint density at radius 1 is 1.24 bits per heavy atom. The van der Waals surface area contributed by atoms with Gasteiger partial charge in [0.05, 0.1) is 5.38 Å². The molecule has 3 aromatic rings. The van der Waals surface area contributed by atoms with Crippen molar-refractivity contribution in [1.82, 2.24) is 10.2 Å². The van der Waals surface area contributed by atoms with Crippen LogP contribution in [-0.4, -0.2) is 10.2 Å². The molecule has 0 radical (unpaired) electrons. The monoisotopic (exact) mass is 280 g/mol. The van der Waals surface area contributed by atoms with Crippen LogP contribution in [0.15, 0.2) is 29.6 Å². The third-order valence-corrected chi connectivity index (χ3v) is 4.93. The molecule has 0 bridgehead atoms. The maximum absolute atomic E-state index is 6.01. The Labute approximate surface area is 112 Å². The molecule has 17 heavy (non-hydrogen) atoms. The second-order valence-electron chi connectivity index (χ2n) is 3.71. The molecule has 86 valence electrons. The standard InChI is InChI=1S/C12H9ClN2S2/c1-7(13)11-14-15-12(17-11)9-6-16-10-5-3-2-4-8(9)10/h2-7H,1H3. The van der Waals surface area contributed by atoms with E-state index in [-0.39, 0.29) is 5.38 Å². The van der Waals surface area contributed by atoms with Crippen molar-refractivity contribution in [2.24, 2.45) is 0 Å². The SMILES string of the molecule is CC(Cl)c1nnc(-c2csc3ccccc23)s1. The zero-order valence-corrected chi connectivity index (χ0v) is 11.4. The Morgan fingerprint density at radius 3 is 2.82 bits per heavy atom. The van der Waals surface area contributed by atoms with Gasteiger partial charge in [-0.15, -0.1) is 33.1 Å².